The summed E-state index contributed by atoms with van der Waals surface area (Å²) < 4.78 is 11.1. The van der Waals surface area contributed by atoms with Crippen molar-refractivity contribution in [1.82, 2.24) is 10.5 Å². The molecule has 23 heavy (non-hydrogen) atoms. The van der Waals surface area contributed by atoms with E-state index in [0.717, 1.165) is 62.6 Å². The van der Waals surface area contributed by atoms with Gasteiger partial charge >= 0.3 is 0 Å². The molecule has 0 spiro atoms. The van der Waals surface area contributed by atoms with Crippen molar-refractivity contribution in [1.29, 1.82) is 0 Å². The van der Waals surface area contributed by atoms with Crippen LogP contribution in [-0.2, 0) is 32.4 Å². The van der Waals surface area contributed by atoms with Gasteiger partial charge in [0, 0.05) is 25.1 Å². The Labute approximate surface area is 144 Å². The summed E-state index contributed by atoms with van der Waals surface area (Å²) in [6.07, 6.45) is 4.04. The molecule has 2 aromatic rings. The smallest absolute Gasteiger partial charge is 0.141 e. The fraction of sp³-hybridized carbons (Fsp3) is 0.500. The quantitative estimate of drug-likeness (QED) is 0.870. The number of hydrogen-bond acceptors (Lipinski definition) is 4. The molecule has 0 saturated carbocycles. The summed E-state index contributed by atoms with van der Waals surface area (Å²) in [6, 6.07) is 6.50. The second-order valence-electron chi connectivity index (χ2n) is 5.74. The van der Waals surface area contributed by atoms with E-state index in [1.54, 1.807) is 0 Å². The minimum absolute atomic E-state index is 0. The molecular weight excluding hydrogens is 312 g/mol. The Morgan fingerprint density at radius 1 is 1.17 bits per heavy atom. The molecule has 0 unspecified atom stereocenters. The van der Waals surface area contributed by atoms with Crippen molar-refractivity contribution in [3.05, 3.63) is 46.3 Å². The Bertz CT molecular complexity index is 618. The SMILES string of the molecule is CCc1noc(CC)c1CNCc1ccc2c(c1)CCCO2.Cl. The van der Waals surface area contributed by atoms with E-state index in [1.807, 2.05) is 0 Å². The minimum atomic E-state index is 0. The van der Waals surface area contributed by atoms with Crippen LogP contribution in [0, 0.1) is 0 Å². The normalized spacial score (nSPS) is 13.1. The van der Waals surface area contributed by atoms with E-state index in [2.05, 4.69) is 42.5 Å². The summed E-state index contributed by atoms with van der Waals surface area (Å²) in [6.45, 7) is 6.73. The van der Waals surface area contributed by atoms with Crippen molar-refractivity contribution in [2.75, 3.05) is 6.61 Å². The van der Waals surface area contributed by atoms with E-state index in [9.17, 15) is 0 Å². The molecule has 0 amide bonds. The highest BCUT2D eigenvalue weighted by atomic mass is 35.5. The molecule has 0 fully saturated rings. The first-order valence-electron chi connectivity index (χ1n) is 8.23. The van der Waals surface area contributed by atoms with Crippen molar-refractivity contribution in [2.24, 2.45) is 0 Å². The highest BCUT2D eigenvalue weighted by molar-refractivity contribution is 5.85. The maximum absolute atomic E-state index is 5.66. The van der Waals surface area contributed by atoms with Crippen LogP contribution in [0.4, 0.5) is 0 Å². The van der Waals surface area contributed by atoms with E-state index >= 15 is 0 Å². The zero-order chi connectivity index (χ0) is 15.4. The molecule has 1 N–H and O–H groups in total. The van der Waals surface area contributed by atoms with Gasteiger partial charge in [-0.3, -0.25) is 0 Å². The number of ether oxygens (including phenoxy) is 1. The first-order chi connectivity index (χ1) is 10.8. The predicted octanol–water partition coefficient (Wildman–Crippen LogP) is 3.84. The van der Waals surface area contributed by atoms with E-state index in [0.29, 0.717) is 0 Å². The number of benzene rings is 1. The van der Waals surface area contributed by atoms with Crippen LogP contribution < -0.4 is 10.1 Å². The fourth-order valence-corrected chi connectivity index (χ4v) is 2.99. The third kappa shape index (κ3) is 4.06. The highest BCUT2D eigenvalue weighted by Crippen LogP contribution is 2.25. The Kier molecular flexibility index (Phi) is 6.48. The van der Waals surface area contributed by atoms with Crippen molar-refractivity contribution in [3.63, 3.8) is 0 Å². The standard InChI is InChI=1S/C18H24N2O2.ClH/c1-3-16-15(17(4-2)22-20-16)12-19-11-13-7-8-18-14(10-13)6-5-9-21-18;/h7-8,10,19H,3-6,9,11-12H2,1-2H3;1H. The van der Waals surface area contributed by atoms with Crippen molar-refractivity contribution >= 4 is 12.4 Å². The van der Waals surface area contributed by atoms with Crippen LogP contribution in [0.1, 0.15) is 48.4 Å². The van der Waals surface area contributed by atoms with Gasteiger partial charge in [-0.25, -0.2) is 0 Å². The van der Waals surface area contributed by atoms with Gasteiger partial charge in [0.25, 0.3) is 0 Å². The Morgan fingerprint density at radius 3 is 2.83 bits per heavy atom. The first-order valence-corrected chi connectivity index (χ1v) is 8.23. The summed E-state index contributed by atoms with van der Waals surface area (Å²) in [4.78, 5) is 0. The van der Waals surface area contributed by atoms with E-state index < -0.39 is 0 Å². The summed E-state index contributed by atoms with van der Waals surface area (Å²) in [5.41, 5.74) is 4.94. The lowest BCUT2D eigenvalue weighted by molar-refractivity contribution is 0.288. The summed E-state index contributed by atoms with van der Waals surface area (Å²) in [7, 11) is 0. The monoisotopic (exact) mass is 336 g/mol. The zero-order valence-corrected chi connectivity index (χ0v) is 14.7. The van der Waals surface area contributed by atoms with Gasteiger partial charge in [-0.2, -0.15) is 0 Å². The van der Waals surface area contributed by atoms with Gasteiger partial charge in [0.2, 0.25) is 0 Å². The molecule has 1 aromatic carbocycles. The molecule has 5 heteroatoms. The van der Waals surface area contributed by atoms with Gasteiger partial charge in [0.1, 0.15) is 11.5 Å². The predicted molar refractivity (Wildman–Crippen MR) is 93.3 cm³/mol. The molecule has 4 nitrogen and oxygen atoms in total. The lowest BCUT2D eigenvalue weighted by Gasteiger charge is -2.18. The van der Waals surface area contributed by atoms with Crippen LogP contribution in [0.5, 0.6) is 5.75 Å². The fourth-order valence-electron chi connectivity index (χ4n) is 2.99. The van der Waals surface area contributed by atoms with Crippen LogP contribution in [0.3, 0.4) is 0 Å². The summed E-state index contributed by atoms with van der Waals surface area (Å²) in [5.74, 6) is 2.05. The molecule has 0 saturated heterocycles. The number of rotatable bonds is 6. The molecule has 0 bridgehead atoms. The number of fused-ring (bicyclic) bond motifs is 1. The van der Waals surface area contributed by atoms with Crippen LogP contribution in [0.25, 0.3) is 0 Å². The van der Waals surface area contributed by atoms with Gasteiger partial charge in [-0.1, -0.05) is 31.1 Å². The molecule has 1 aliphatic rings. The molecular formula is C18H25ClN2O2. The lowest BCUT2D eigenvalue weighted by Crippen LogP contribution is -2.15. The molecule has 1 aliphatic heterocycles. The second kappa shape index (κ2) is 8.37. The molecule has 3 rings (SSSR count). The van der Waals surface area contributed by atoms with E-state index in [1.165, 1.54) is 16.7 Å². The van der Waals surface area contributed by atoms with Crippen LogP contribution in [0.2, 0.25) is 0 Å². The van der Waals surface area contributed by atoms with E-state index in [4.69, 9.17) is 9.26 Å². The maximum atomic E-state index is 5.66. The molecule has 0 atom stereocenters. The number of hydrogen-bond donors (Lipinski definition) is 1. The molecule has 0 aliphatic carbocycles. The molecule has 2 heterocycles. The molecule has 1 aromatic heterocycles. The largest absolute Gasteiger partial charge is 0.493 e. The molecule has 0 radical (unpaired) electrons. The number of halogens is 1. The van der Waals surface area contributed by atoms with Gasteiger partial charge in [0.05, 0.1) is 12.3 Å². The highest BCUT2D eigenvalue weighted by Gasteiger charge is 2.13. The average molecular weight is 337 g/mol. The average Bonchev–Trinajstić information content (AvgIpc) is 2.97. The van der Waals surface area contributed by atoms with E-state index in [-0.39, 0.29) is 12.4 Å². The van der Waals surface area contributed by atoms with Crippen LogP contribution >= 0.6 is 12.4 Å². The third-order valence-corrected chi connectivity index (χ3v) is 4.21. The second-order valence-corrected chi connectivity index (χ2v) is 5.74. The van der Waals surface area contributed by atoms with Crippen molar-refractivity contribution < 1.29 is 9.26 Å². The zero-order valence-electron chi connectivity index (χ0n) is 13.9. The Morgan fingerprint density at radius 2 is 2.04 bits per heavy atom. The topological polar surface area (TPSA) is 47.3 Å². The van der Waals surface area contributed by atoms with Gasteiger partial charge < -0.3 is 14.6 Å². The minimum Gasteiger partial charge on any atom is -0.493 e. The lowest BCUT2D eigenvalue weighted by atomic mass is 10.0. The first kappa shape index (κ1) is 17.8. The van der Waals surface area contributed by atoms with Crippen LogP contribution in [-0.4, -0.2) is 11.8 Å². The van der Waals surface area contributed by atoms with Crippen molar-refractivity contribution in [3.8, 4) is 5.75 Å². The van der Waals surface area contributed by atoms with Crippen molar-refractivity contribution in [2.45, 2.75) is 52.6 Å². The summed E-state index contributed by atoms with van der Waals surface area (Å²) in [5, 5.41) is 7.68. The Hall–Kier alpha value is -1.52. The number of aryl methyl sites for hydroxylation is 3. The van der Waals surface area contributed by atoms with Gasteiger partial charge in [-0.05, 0) is 36.5 Å². The number of aromatic nitrogens is 1. The molecule has 126 valence electrons. The number of nitrogens with zero attached hydrogens (tertiary/aromatic N) is 1. The van der Waals surface area contributed by atoms with Gasteiger partial charge in [0.15, 0.2) is 0 Å². The van der Waals surface area contributed by atoms with Crippen LogP contribution in [0.15, 0.2) is 22.7 Å². The maximum Gasteiger partial charge on any atom is 0.141 e. The Balaban J connectivity index is 0.00000192. The summed E-state index contributed by atoms with van der Waals surface area (Å²) >= 11 is 0. The number of nitrogens with one attached hydrogen (secondary N) is 1. The van der Waals surface area contributed by atoms with Gasteiger partial charge in [-0.15, -0.1) is 12.4 Å². The third-order valence-electron chi connectivity index (χ3n) is 4.21.